The quantitative estimate of drug-likeness (QED) is 0.288. The van der Waals surface area contributed by atoms with E-state index in [9.17, 15) is 4.79 Å². The summed E-state index contributed by atoms with van der Waals surface area (Å²) in [5.74, 6) is 2.90. The van der Waals surface area contributed by atoms with Gasteiger partial charge in [-0.15, -0.1) is 0 Å². The molecule has 0 unspecified atom stereocenters. The minimum atomic E-state index is -0.214. The van der Waals surface area contributed by atoms with Gasteiger partial charge in [0.05, 0.1) is 26.8 Å². The summed E-state index contributed by atoms with van der Waals surface area (Å²) in [7, 11) is 4.75. The van der Waals surface area contributed by atoms with Crippen LogP contribution in [0.3, 0.4) is 0 Å². The summed E-state index contributed by atoms with van der Waals surface area (Å²) in [6.45, 7) is 0. The van der Waals surface area contributed by atoms with E-state index in [0.29, 0.717) is 40.0 Å². The zero-order valence-corrected chi connectivity index (χ0v) is 20.1. The van der Waals surface area contributed by atoms with Gasteiger partial charge in [0.1, 0.15) is 17.2 Å². The number of amides is 1. The van der Waals surface area contributed by atoms with E-state index in [1.54, 1.807) is 51.8 Å². The van der Waals surface area contributed by atoms with E-state index in [1.165, 1.54) is 0 Å². The van der Waals surface area contributed by atoms with Gasteiger partial charge in [0.25, 0.3) is 5.91 Å². The number of carbonyl (C=O) groups is 1. The standard InChI is InChI=1S/C29H24N2O5/c1-33-20-8-4-7-19(15-20)29(32)31-24-9-5-6-18-14-21(10-11-22(18)24)36-26-12-13-30-25-17-28(35-3)27(34-2)16-23(25)26/h4-17H,1-3H3,(H,31,32). The normalized spacial score (nSPS) is 10.8. The van der Waals surface area contributed by atoms with E-state index in [4.69, 9.17) is 18.9 Å². The van der Waals surface area contributed by atoms with E-state index in [2.05, 4.69) is 10.3 Å². The van der Waals surface area contributed by atoms with Gasteiger partial charge >= 0.3 is 0 Å². The summed E-state index contributed by atoms with van der Waals surface area (Å²) in [5.41, 5.74) is 1.95. The van der Waals surface area contributed by atoms with Crippen LogP contribution in [0.25, 0.3) is 21.7 Å². The molecule has 1 N–H and O–H groups in total. The Morgan fingerprint density at radius 3 is 2.33 bits per heavy atom. The second-order valence-electron chi connectivity index (χ2n) is 8.01. The highest BCUT2D eigenvalue weighted by molar-refractivity contribution is 6.09. The summed E-state index contributed by atoms with van der Waals surface area (Å²) in [5, 5.41) is 5.62. The Morgan fingerprint density at radius 1 is 0.722 bits per heavy atom. The van der Waals surface area contributed by atoms with Gasteiger partial charge in [-0.05, 0) is 60.0 Å². The van der Waals surface area contributed by atoms with Crippen LogP contribution in [0, 0.1) is 0 Å². The van der Waals surface area contributed by atoms with Gasteiger partial charge in [-0.1, -0.05) is 18.2 Å². The molecule has 7 nitrogen and oxygen atoms in total. The molecule has 1 heterocycles. The molecule has 0 aliphatic carbocycles. The third-order valence-corrected chi connectivity index (χ3v) is 5.87. The molecule has 0 aliphatic rings. The summed E-state index contributed by atoms with van der Waals surface area (Å²) < 4.78 is 22.3. The minimum absolute atomic E-state index is 0.214. The number of benzene rings is 4. The number of fused-ring (bicyclic) bond motifs is 2. The lowest BCUT2D eigenvalue weighted by molar-refractivity contribution is 0.102. The highest BCUT2D eigenvalue weighted by Gasteiger charge is 2.13. The highest BCUT2D eigenvalue weighted by atomic mass is 16.5. The Balaban J connectivity index is 1.45. The van der Waals surface area contributed by atoms with Gasteiger partial charge < -0.3 is 24.3 Å². The van der Waals surface area contributed by atoms with Crippen LogP contribution in [0.4, 0.5) is 5.69 Å². The molecule has 0 fully saturated rings. The second kappa shape index (κ2) is 9.84. The SMILES string of the molecule is COc1cccc(C(=O)Nc2cccc3cc(Oc4ccnc5cc(OC)c(OC)cc45)ccc23)c1. The number of nitrogens with zero attached hydrogens (tertiary/aromatic N) is 1. The van der Waals surface area contributed by atoms with Crippen molar-refractivity contribution in [2.24, 2.45) is 0 Å². The molecule has 1 amide bonds. The second-order valence-corrected chi connectivity index (χ2v) is 8.01. The van der Waals surface area contributed by atoms with Gasteiger partial charge in [-0.2, -0.15) is 0 Å². The molecular weight excluding hydrogens is 456 g/mol. The Bertz CT molecular complexity index is 1580. The first kappa shape index (κ1) is 23.0. The Hall–Kier alpha value is -4.78. The molecule has 0 radical (unpaired) electrons. The van der Waals surface area contributed by atoms with Crippen molar-refractivity contribution < 1.29 is 23.7 Å². The van der Waals surface area contributed by atoms with Crippen LogP contribution in [0.15, 0.2) is 85.1 Å². The van der Waals surface area contributed by atoms with Crippen LogP contribution in [-0.2, 0) is 0 Å². The molecule has 0 atom stereocenters. The van der Waals surface area contributed by atoms with E-state index < -0.39 is 0 Å². The number of aromatic nitrogens is 1. The third kappa shape index (κ3) is 4.46. The van der Waals surface area contributed by atoms with E-state index >= 15 is 0 Å². The minimum Gasteiger partial charge on any atom is -0.497 e. The highest BCUT2D eigenvalue weighted by Crippen LogP contribution is 2.37. The summed E-state index contributed by atoms with van der Waals surface area (Å²) in [6.07, 6.45) is 1.69. The molecule has 5 rings (SSSR count). The monoisotopic (exact) mass is 480 g/mol. The molecule has 36 heavy (non-hydrogen) atoms. The van der Waals surface area contributed by atoms with E-state index in [0.717, 1.165) is 21.7 Å². The zero-order valence-electron chi connectivity index (χ0n) is 20.1. The van der Waals surface area contributed by atoms with Crippen LogP contribution in [-0.4, -0.2) is 32.2 Å². The largest absolute Gasteiger partial charge is 0.497 e. The smallest absolute Gasteiger partial charge is 0.255 e. The van der Waals surface area contributed by atoms with Gasteiger partial charge in [0.15, 0.2) is 11.5 Å². The first-order valence-electron chi connectivity index (χ1n) is 11.3. The van der Waals surface area contributed by atoms with Crippen LogP contribution >= 0.6 is 0 Å². The number of rotatable bonds is 7. The van der Waals surface area contributed by atoms with Crippen molar-refractivity contribution in [3.8, 4) is 28.7 Å². The van der Waals surface area contributed by atoms with Crippen molar-refractivity contribution in [2.45, 2.75) is 0 Å². The average molecular weight is 481 g/mol. The molecule has 0 bridgehead atoms. The van der Waals surface area contributed by atoms with Crippen molar-refractivity contribution in [3.05, 3.63) is 90.6 Å². The summed E-state index contributed by atoms with van der Waals surface area (Å²) >= 11 is 0. The fourth-order valence-corrected chi connectivity index (χ4v) is 4.06. The lowest BCUT2D eigenvalue weighted by Gasteiger charge is -2.13. The average Bonchev–Trinajstić information content (AvgIpc) is 2.92. The van der Waals surface area contributed by atoms with Gasteiger partial charge in [0, 0.05) is 34.3 Å². The molecule has 5 aromatic rings. The van der Waals surface area contributed by atoms with Crippen LogP contribution in [0.5, 0.6) is 28.7 Å². The Morgan fingerprint density at radius 2 is 1.53 bits per heavy atom. The number of anilines is 1. The molecule has 0 aliphatic heterocycles. The first-order valence-corrected chi connectivity index (χ1v) is 11.3. The molecule has 0 saturated heterocycles. The molecule has 0 saturated carbocycles. The van der Waals surface area contributed by atoms with E-state index in [-0.39, 0.29) is 5.91 Å². The molecular formula is C29H24N2O5. The third-order valence-electron chi connectivity index (χ3n) is 5.87. The first-order chi connectivity index (χ1) is 17.6. The topological polar surface area (TPSA) is 78.9 Å². The van der Waals surface area contributed by atoms with Crippen LogP contribution in [0.1, 0.15) is 10.4 Å². The summed E-state index contributed by atoms with van der Waals surface area (Å²) in [6, 6.07) is 24.0. The maximum Gasteiger partial charge on any atom is 0.255 e. The number of nitrogens with one attached hydrogen (secondary N) is 1. The van der Waals surface area contributed by atoms with Gasteiger partial charge in [-0.3, -0.25) is 9.78 Å². The van der Waals surface area contributed by atoms with Crippen LogP contribution in [0.2, 0.25) is 0 Å². The Kier molecular flexibility index (Phi) is 6.28. The molecule has 7 heteroatoms. The summed E-state index contributed by atoms with van der Waals surface area (Å²) in [4.78, 5) is 17.3. The number of methoxy groups -OCH3 is 3. The van der Waals surface area contributed by atoms with Crippen molar-refractivity contribution >= 4 is 33.3 Å². The van der Waals surface area contributed by atoms with Gasteiger partial charge in [-0.25, -0.2) is 0 Å². The fraction of sp³-hybridized carbons (Fsp3) is 0.103. The number of carbonyl (C=O) groups excluding carboxylic acids is 1. The number of hydrogen-bond acceptors (Lipinski definition) is 6. The molecule has 4 aromatic carbocycles. The van der Waals surface area contributed by atoms with Crippen molar-refractivity contribution in [1.82, 2.24) is 4.98 Å². The predicted molar refractivity (Wildman–Crippen MR) is 140 cm³/mol. The molecule has 0 spiro atoms. The number of hydrogen-bond donors (Lipinski definition) is 1. The maximum atomic E-state index is 12.8. The predicted octanol–water partition coefficient (Wildman–Crippen LogP) is 6.46. The molecule has 1 aromatic heterocycles. The molecule has 180 valence electrons. The Labute approximate surface area is 208 Å². The van der Waals surface area contributed by atoms with Crippen LogP contribution < -0.4 is 24.3 Å². The van der Waals surface area contributed by atoms with Crippen molar-refractivity contribution in [3.63, 3.8) is 0 Å². The van der Waals surface area contributed by atoms with E-state index in [1.807, 2.05) is 54.6 Å². The lowest BCUT2D eigenvalue weighted by Crippen LogP contribution is -2.12. The van der Waals surface area contributed by atoms with Gasteiger partial charge in [0.2, 0.25) is 0 Å². The number of ether oxygens (including phenoxy) is 4. The van der Waals surface area contributed by atoms with Crippen molar-refractivity contribution in [2.75, 3.05) is 26.6 Å². The number of pyridine rings is 1. The fourth-order valence-electron chi connectivity index (χ4n) is 4.06. The maximum absolute atomic E-state index is 12.8. The zero-order chi connectivity index (χ0) is 25.1. The lowest BCUT2D eigenvalue weighted by atomic mass is 10.1. The van der Waals surface area contributed by atoms with Crippen molar-refractivity contribution in [1.29, 1.82) is 0 Å².